The fourth-order valence-corrected chi connectivity index (χ4v) is 2.41. The number of benzene rings is 1. The molecule has 1 saturated heterocycles. The smallest absolute Gasteiger partial charge is 0.224 e. The van der Waals surface area contributed by atoms with Crippen LogP contribution in [0.2, 0.25) is 0 Å². The van der Waals surface area contributed by atoms with Crippen LogP contribution >= 0.6 is 0 Å². The fourth-order valence-electron chi connectivity index (χ4n) is 2.41. The molecule has 1 fully saturated rings. The molecule has 1 amide bonds. The number of nitrogens with zero attached hydrogens (tertiary/aromatic N) is 1. The van der Waals surface area contributed by atoms with Gasteiger partial charge in [-0.2, -0.15) is 0 Å². The van der Waals surface area contributed by atoms with E-state index in [1.807, 2.05) is 49.1 Å². The van der Waals surface area contributed by atoms with Crippen molar-refractivity contribution in [1.29, 1.82) is 0 Å². The molecule has 2 rings (SSSR count). The topological polar surface area (TPSA) is 55.6 Å². The number of rotatable bonds is 3. The number of morpholine rings is 1. The summed E-state index contributed by atoms with van der Waals surface area (Å²) < 4.78 is 5.93. The van der Waals surface area contributed by atoms with Crippen LogP contribution in [0.15, 0.2) is 30.3 Å². The van der Waals surface area contributed by atoms with Gasteiger partial charge in [0.15, 0.2) is 0 Å². The van der Waals surface area contributed by atoms with Crippen molar-refractivity contribution >= 4 is 5.91 Å². The van der Waals surface area contributed by atoms with E-state index in [0.29, 0.717) is 19.5 Å². The summed E-state index contributed by atoms with van der Waals surface area (Å²) >= 11 is 0. The average molecular weight is 262 g/mol. The standard InChI is InChI=1S/C15H22N2O2/c1-11(16)8-15(18)17-9-12(2)19-14(10-17)13-6-4-3-5-7-13/h3-7,11-12,14H,8-10,16H2,1-2H3. The molecule has 0 aliphatic carbocycles. The first kappa shape index (κ1) is 14.0. The zero-order valence-corrected chi connectivity index (χ0v) is 11.6. The molecule has 4 heteroatoms. The summed E-state index contributed by atoms with van der Waals surface area (Å²) in [7, 11) is 0. The highest BCUT2D eigenvalue weighted by Gasteiger charge is 2.29. The number of amides is 1. The summed E-state index contributed by atoms with van der Waals surface area (Å²) in [5.74, 6) is 0.117. The first-order valence-corrected chi connectivity index (χ1v) is 6.80. The second-order valence-corrected chi connectivity index (χ2v) is 5.33. The van der Waals surface area contributed by atoms with Crippen molar-refractivity contribution < 1.29 is 9.53 Å². The van der Waals surface area contributed by atoms with Crippen molar-refractivity contribution in [3.8, 4) is 0 Å². The Bertz CT molecular complexity index is 419. The average Bonchev–Trinajstić information content (AvgIpc) is 2.38. The Morgan fingerprint density at radius 2 is 2.11 bits per heavy atom. The molecule has 1 aliphatic heterocycles. The van der Waals surface area contributed by atoms with Gasteiger partial charge in [0.2, 0.25) is 5.91 Å². The summed E-state index contributed by atoms with van der Waals surface area (Å²) in [4.78, 5) is 14.0. The maximum absolute atomic E-state index is 12.1. The first-order chi connectivity index (χ1) is 9.06. The lowest BCUT2D eigenvalue weighted by Crippen LogP contribution is -2.47. The van der Waals surface area contributed by atoms with Crippen LogP contribution in [0.4, 0.5) is 0 Å². The van der Waals surface area contributed by atoms with E-state index in [0.717, 1.165) is 5.56 Å². The van der Waals surface area contributed by atoms with E-state index in [2.05, 4.69) is 0 Å². The second kappa shape index (κ2) is 6.17. The molecule has 0 saturated carbocycles. The quantitative estimate of drug-likeness (QED) is 0.902. The van der Waals surface area contributed by atoms with Crippen molar-refractivity contribution in [1.82, 2.24) is 4.90 Å². The summed E-state index contributed by atoms with van der Waals surface area (Å²) in [5.41, 5.74) is 6.82. The van der Waals surface area contributed by atoms with Gasteiger partial charge in [0, 0.05) is 19.0 Å². The van der Waals surface area contributed by atoms with Gasteiger partial charge in [-0.05, 0) is 19.4 Å². The van der Waals surface area contributed by atoms with Crippen LogP contribution in [-0.4, -0.2) is 36.0 Å². The lowest BCUT2D eigenvalue weighted by molar-refractivity contribution is -0.145. The number of hydrogen-bond donors (Lipinski definition) is 1. The van der Waals surface area contributed by atoms with Crippen LogP contribution in [0.1, 0.15) is 31.9 Å². The summed E-state index contributed by atoms with van der Waals surface area (Å²) in [6.07, 6.45) is 0.409. The maximum atomic E-state index is 12.1. The number of ether oxygens (including phenoxy) is 1. The Morgan fingerprint density at radius 3 is 2.74 bits per heavy atom. The minimum atomic E-state index is -0.0965. The molecular formula is C15H22N2O2. The van der Waals surface area contributed by atoms with Crippen LogP contribution in [0, 0.1) is 0 Å². The molecule has 1 aromatic carbocycles. The minimum absolute atomic E-state index is 0.0398. The molecule has 1 heterocycles. The summed E-state index contributed by atoms with van der Waals surface area (Å²) in [5, 5.41) is 0. The van der Waals surface area contributed by atoms with Crippen molar-refractivity contribution in [3.05, 3.63) is 35.9 Å². The Labute approximate surface area is 114 Å². The van der Waals surface area contributed by atoms with E-state index in [4.69, 9.17) is 10.5 Å². The Balaban J connectivity index is 2.06. The van der Waals surface area contributed by atoms with Crippen LogP contribution in [0.5, 0.6) is 0 Å². The van der Waals surface area contributed by atoms with Crippen molar-refractivity contribution in [3.63, 3.8) is 0 Å². The molecular weight excluding hydrogens is 240 g/mol. The van der Waals surface area contributed by atoms with Crippen LogP contribution in [0.25, 0.3) is 0 Å². The minimum Gasteiger partial charge on any atom is -0.367 e. The van der Waals surface area contributed by atoms with Crippen LogP contribution < -0.4 is 5.73 Å². The molecule has 1 aromatic rings. The van der Waals surface area contributed by atoms with Crippen LogP contribution in [-0.2, 0) is 9.53 Å². The highest BCUT2D eigenvalue weighted by Crippen LogP contribution is 2.25. The van der Waals surface area contributed by atoms with Gasteiger partial charge in [0.05, 0.1) is 12.6 Å². The Hall–Kier alpha value is -1.39. The molecule has 3 atom stereocenters. The number of hydrogen-bond acceptors (Lipinski definition) is 3. The number of carbonyl (C=O) groups excluding carboxylic acids is 1. The normalized spacial score (nSPS) is 25.1. The monoisotopic (exact) mass is 262 g/mol. The Kier molecular flexibility index (Phi) is 4.56. The highest BCUT2D eigenvalue weighted by atomic mass is 16.5. The van der Waals surface area contributed by atoms with E-state index >= 15 is 0 Å². The van der Waals surface area contributed by atoms with Gasteiger partial charge in [-0.1, -0.05) is 30.3 Å². The molecule has 1 aliphatic rings. The fraction of sp³-hybridized carbons (Fsp3) is 0.533. The van der Waals surface area contributed by atoms with Crippen molar-refractivity contribution in [2.24, 2.45) is 5.73 Å². The molecule has 2 N–H and O–H groups in total. The van der Waals surface area contributed by atoms with Gasteiger partial charge in [-0.15, -0.1) is 0 Å². The second-order valence-electron chi connectivity index (χ2n) is 5.33. The maximum Gasteiger partial charge on any atom is 0.224 e. The van der Waals surface area contributed by atoms with E-state index in [1.165, 1.54) is 0 Å². The molecule has 0 radical (unpaired) electrons. The van der Waals surface area contributed by atoms with Gasteiger partial charge in [0.1, 0.15) is 6.10 Å². The molecule has 0 spiro atoms. The molecule has 4 nitrogen and oxygen atoms in total. The zero-order chi connectivity index (χ0) is 13.8. The van der Waals surface area contributed by atoms with E-state index in [9.17, 15) is 4.79 Å². The largest absolute Gasteiger partial charge is 0.367 e. The van der Waals surface area contributed by atoms with Gasteiger partial charge < -0.3 is 15.4 Å². The van der Waals surface area contributed by atoms with Gasteiger partial charge in [0.25, 0.3) is 0 Å². The Morgan fingerprint density at radius 1 is 1.42 bits per heavy atom. The lowest BCUT2D eigenvalue weighted by atomic mass is 10.1. The number of carbonyl (C=O) groups is 1. The van der Waals surface area contributed by atoms with Gasteiger partial charge in [-0.25, -0.2) is 0 Å². The third-order valence-corrected chi connectivity index (χ3v) is 3.28. The van der Waals surface area contributed by atoms with Crippen molar-refractivity contribution in [2.45, 2.75) is 38.5 Å². The highest BCUT2D eigenvalue weighted by molar-refractivity contribution is 5.77. The summed E-state index contributed by atoms with van der Waals surface area (Å²) in [6.45, 7) is 5.12. The third-order valence-electron chi connectivity index (χ3n) is 3.28. The predicted molar refractivity (Wildman–Crippen MR) is 74.6 cm³/mol. The first-order valence-electron chi connectivity index (χ1n) is 6.80. The molecule has 3 unspecified atom stereocenters. The summed E-state index contributed by atoms with van der Waals surface area (Å²) in [6, 6.07) is 9.95. The molecule has 0 aromatic heterocycles. The SMILES string of the molecule is CC(N)CC(=O)N1CC(C)OC(c2ccccc2)C1. The third kappa shape index (κ3) is 3.78. The van der Waals surface area contributed by atoms with E-state index in [-0.39, 0.29) is 24.2 Å². The van der Waals surface area contributed by atoms with Gasteiger partial charge in [-0.3, -0.25) is 4.79 Å². The lowest BCUT2D eigenvalue weighted by Gasteiger charge is -2.37. The van der Waals surface area contributed by atoms with E-state index < -0.39 is 0 Å². The molecule has 104 valence electrons. The zero-order valence-electron chi connectivity index (χ0n) is 11.6. The van der Waals surface area contributed by atoms with Crippen molar-refractivity contribution in [2.75, 3.05) is 13.1 Å². The van der Waals surface area contributed by atoms with Crippen LogP contribution in [0.3, 0.4) is 0 Å². The molecule has 0 bridgehead atoms. The van der Waals surface area contributed by atoms with E-state index in [1.54, 1.807) is 0 Å². The predicted octanol–water partition coefficient (Wildman–Crippen LogP) is 1.71. The number of nitrogens with two attached hydrogens (primary N) is 1. The molecule has 19 heavy (non-hydrogen) atoms. The van der Waals surface area contributed by atoms with Gasteiger partial charge >= 0.3 is 0 Å².